The standard InChI is InChI=1S/C20H21F3N2O.ClH/c1-13(14-5-2-6-15(12-14)20(21,22)23)11-19(26)25-10-4-7-16-17(24)8-3-9-18(16)25;/h2-3,5-6,8-9,12-13H,4,7,10-11,24H2,1H3;1H. The Balaban J connectivity index is 0.00000261. The summed E-state index contributed by atoms with van der Waals surface area (Å²) in [5.74, 6) is -0.405. The van der Waals surface area contributed by atoms with Crippen molar-refractivity contribution in [3.63, 3.8) is 0 Å². The summed E-state index contributed by atoms with van der Waals surface area (Å²) in [4.78, 5) is 14.5. The van der Waals surface area contributed by atoms with E-state index in [1.807, 2.05) is 18.2 Å². The Labute approximate surface area is 162 Å². The highest BCUT2D eigenvalue weighted by Crippen LogP contribution is 2.34. The highest BCUT2D eigenvalue weighted by molar-refractivity contribution is 5.95. The van der Waals surface area contributed by atoms with Crippen LogP contribution in [0.4, 0.5) is 24.5 Å². The van der Waals surface area contributed by atoms with E-state index in [1.165, 1.54) is 6.07 Å². The molecule has 3 nitrogen and oxygen atoms in total. The van der Waals surface area contributed by atoms with E-state index < -0.39 is 11.7 Å². The van der Waals surface area contributed by atoms with E-state index in [-0.39, 0.29) is 30.7 Å². The van der Waals surface area contributed by atoms with Crippen molar-refractivity contribution in [3.8, 4) is 0 Å². The molecule has 1 heterocycles. The van der Waals surface area contributed by atoms with Gasteiger partial charge in [0.25, 0.3) is 0 Å². The number of hydrogen-bond acceptors (Lipinski definition) is 2. The predicted octanol–water partition coefficient (Wildman–Crippen LogP) is 5.18. The third kappa shape index (κ3) is 4.56. The van der Waals surface area contributed by atoms with Crippen LogP contribution in [0.1, 0.15) is 42.4 Å². The number of alkyl halides is 3. The zero-order valence-electron chi connectivity index (χ0n) is 14.9. The van der Waals surface area contributed by atoms with Gasteiger partial charge in [-0.3, -0.25) is 4.79 Å². The number of amides is 1. The van der Waals surface area contributed by atoms with Gasteiger partial charge in [-0.05, 0) is 48.1 Å². The molecule has 2 N–H and O–H groups in total. The average molecular weight is 399 g/mol. The number of anilines is 2. The second kappa shape index (κ2) is 8.21. The maximum Gasteiger partial charge on any atom is 0.416 e. The maximum atomic E-state index is 12.9. The fraction of sp³-hybridized carbons (Fsp3) is 0.350. The molecule has 1 atom stereocenters. The molecule has 0 aliphatic carbocycles. The normalized spacial score (nSPS) is 14.9. The molecule has 0 radical (unpaired) electrons. The molecule has 1 aliphatic heterocycles. The highest BCUT2D eigenvalue weighted by atomic mass is 35.5. The van der Waals surface area contributed by atoms with Crippen LogP contribution < -0.4 is 10.6 Å². The first-order valence-electron chi connectivity index (χ1n) is 8.62. The number of fused-ring (bicyclic) bond motifs is 1. The number of carbonyl (C=O) groups is 1. The van der Waals surface area contributed by atoms with E-state index in [1.54, 1.807) is 17.9 Å². The molecule has 2 aromatic carbocycles. The minimum Gasteiger partial charge on any atom is -0.398 e. The van der Waals surface area contributed by atoms with E-state index in [0.29, 0.717) is 17.8 Å². The third-order valence-corrected chi connectivity index (χ3v) is 4.85. The number of rotatable bonds is 3. The molecule has 146 valence electrons. The van der Waals surface area contributed by atoms with Crippen molar-refractivity contribution in [1.82, 2.24) is 0 Å². The van der Waals surface area contributed by atoms with Crippen LogP contribution in [0.3, 0.4) is 0 Å². The van der Waals surface area contributed by atoms with Crippen LogP contribution >= 0.6 is 12.4 Å². The minimum atomic E-state index is -4.39. The van der Waals surface area contributed by atoms with Crippen molar-refractivity contribution in [2.24, 2.45) is 0 Å². The summed E-state index contributed by atoms with van der Waals surface area (Å²) < 4.78 is 38.7. The number of nitrogens with two attached hydrogens (primary N) is 1. The van der Waals surface area contributed by atoms with Gasteiger partial charge < -0.3 is 10.6 Å². The minimum absolute atomic E-state index is 0. The van der Waals surface area contributed by atoms with Gasteiger partial charge in [0.15, 0.2) is 0 Å². The largest absolute Gasteiger partial charge is 0.416 e. The monoisotopic (exact) mass is 398 g/mol. The van der Waals surface area contributed by atoms with Crippen molar-refractivity contribution in [2.45, 2.75) is 38.3 Å². The van der Waals surface area contributed by atoms with Gasteiger partial charge in [0.05, 0.1) is 5.56 Å². The lowest BCUT2D eigenvalue weighted by Crippen LogP contribution is -2.36. The zero-order valence-corrected chi connectivity index (χ0v) is 15.7. The smallest absolute Gasteiger partial charge is 0.398 e. The summed E-state index contributed by atoms with van der Waals surface area (Å²) >= 11 is 0. The molecular formula is C20H22ClF3N2O. The first-order valence-corrected chi connectivity index (χ1v) is 8.62. The Morgan fingerprint density at radius 2 is 1.93 bits per heavy atom. The molecule has 27 heavy (non-hydrogen) atoms. The second-order valence-corrected chi connectivity index (χ2v) is 6.72. The van der Waals surface area contributed by atoms with Crippen molar-refractivity contribution >= 4 is 29.7 Å². The van der Waals surface area contributed by atoms with E-state index in [9.17, 15) is 18.0 Å². The summed E-state index contributed by atoms with van der Waals surface area (Å²) in [6.07, 6.45) is -2.58. The topological polar surface area (TPSA) is 46.3 Å². The van der Waals surface area contributed by atoms with Crippen LogP contribution in [-0.4, -0.2) is 12.5 Å². The Kier molecular flexibility index (Phi) is 6.42. The van der Waals surface area contributed by atoms with Crippen LogP contribution in [0.5, 0.6) is 0 Å². The average Bonchev–Trinajstić information content (AvgIpc) is 2.61. The summed E-state index contributed by atoms with van der Waals surface area (Å²) in [5, 5.41) is 0. The van der Waals surface area contributed by atoms with Gasteiger partial charge >= 0.3 is 6.18 Å². The number of halogens is 4. The van der Waals surface area contributed by atoms with Gasteiger partial charge in [-0.15, -0.1) is 12.4 Å². The van der Waals surface area contributed by atoms with E-state index in [2.05, 4.69) is 0 Å². The molecule has 2 aromatic rings. The van der Waals surface area contributed by atoms with Crippen molar-refractivity contribution in [3.05, 3.63) is 59.2 Å². The molecule has 1 unspecified atom stereocenters. The molecule has 0 spiro atoms. The van der Waals surface area contributed by atoms with Crippen LogP contribution in [-0.2, 0) is 17.4 Å². The van der Waals surface area contributed by atoms with Gasteiger partial charge in [-0.2, -0.15) is 13.2 Å². The number of carbonyl (C=O) groups excluding carboxylic acids is 1. The van der Waals surface area contributed by atoms with Crippen LogP contribution in [0, 0.1) is 0 Å². The quantitative estimate of drug-likeness (QED) is 0.724. The van der Waals surface area contributed by atoms with Crippen molar-refractivity contribution in [2.75, 3.05) is 17.2 Å². The summed E-state index contributed by atoms with van der Waals surface area (Å²) in [5.41, 5.74) is 8.29. The Morgan fingerprint density at radius 3 is 2.63 bits per heavy atom. The molecule has 1 amide bonds. The SMILES string of the molecule is CC(CC(=O)N1CCCc2c(N)cccc21)c1cccc(C(F)(F)F)c1.Cl. The molecule has 3 rings (SSSR count). The van der Waals surface area contributed by atoms with Gasteiger partial charge in [0.1, 0.15) is 0 Å². The summed E-state index contributed by atoms with van der Waals surface area (Å²) in [7, 11) is 0. The number of nitrogens with zero attached hydrogens (tertiary/aromatic N) is 1. The lowest BCUT2D eigenvalue weighted by Gasteiger charge is -2.31. The number of nitrogen functional groups attached to an aromatic ring is 1. The lowest BCUT2D eigenvalue weighted by atomic mass is 9.94. The van der Waals surface area contributed by atoms with Gasteiger partial charge in [0.2, 0.25) is 5.91 Å². The van der Waals surface area contributed by atoms with Crippen LogP contribution in [0.25, 0.3) is 0 Å². The molecule has 0 fully saturated rings. The zero-order chi connectivity index (χ0) is 18.9. The second-order valence-electron chi connectivity index (χ2n) is 6.72. The Bertz CT molecular complexity index is 823. The van der Waals surface area contributed by atoms with Crippen molar-refractivity contribution < 1.29 is 18.0 Å². The third-order valence-electron chi connectivity index (χ3n) is 4.85. The predicted molar refractivity (Wildman–Crippen MR) is 103 cm³/mol. The molecule has 0 saturated carbocycles. The fourth-order valence-electron chi connectivity index (χ4n) is 3.42. The molecule has 0 aromatic heterocycles. The molecule has 0 saturated heterocycles. The first-order chi connectivity index (χ1) is 12.3. The van der Waals surface area contributed by atoms with E-state index in [0.717, 1.165) is 36.2 Å². The van der Waals surface area contributed by atoms with Gasteiger partial charge in [-0.25, -0.2) is 0 Å². The van der Waals surface area contributed by atoms with Crippen LogP contribution in [0.2, 0.25) is 0 Å². The van der Waals surface area contributed by atoms with E-state index >= 15 is 0 Å². The summed E-state index contributed by atoms with van der Waals surface area (Å²) in [6.45, 7) is 2.38. The van der Waals surface area contributed by atoms with Gasteiger partial charge in [0, 0.05) is 24.3 Å². The number of benzene rings is 2. The molecule has 0 bridgehead atoms. The first kappa shape index (κ1) is 21.1. The lowest BCUT2D eigenvalue weighted by molar-refractivity contribution is -0.137. The van der Waals surface area contributed by atoms with Crippen LogP contribution in [0.15, 0.2) is 42.5 Å². The number of hydrogen-bond donors (Lipinski definition) is 1. The molecule has 7 heteroatoms. The van der Waals surface area contributed by atoms with Gasteiger partial charge in [-0.1, -0.05) is 31.2 Å². The Morgan fingerprint density at radius 1 is 1.22 bits per heavy atom. The molecular weight excluding hydrogens is 377 g/mol. The summed E-state index contributed by atoms with van der Waals surface area (Å²) in [6, 6.07) is 10.7. The Hall–Kier alpha value is -2.21. The highest BCUT2D eigenvalue weighted by Gasteiger charge is 2.31. The van der Waals surface area contributed by atoms with E-state index in [4.69, 9.17) is 5.73 Å². The maximum absolute atomic E-state index is 12.9. The molecule has 1 aliphatic rings. The fourth-order valence-corrected chi connectivity index (χ4v) is 3.42. The van der Waals surface area contributed by atoms with Crippen molar-refractivity contribution in [1.29, 1.82) is 0 Å².